The van der Waals surface area contributed by atoms with E-state index in [0.717, 1.165) is 6.07 Å². The van der Waals surface area contributed by atoms with Crippen LogP contribution < -0.4 is 0 Å². The predicted octanol–water partition coefficient (Wildman–Crippen LogP) is 3.50. The predicted molar refractivity (Wildman–Crippen MR) is 55.2 cm³/mol. The van der Waals surface area contributed by atoms with E-state index in [4.69, 9.17) is 23.2 Å². The molecule has 0 fully saturated rings. The molecule has 0 aliphatic rings. The lowest BCUT2D eigenvalue weighted by Crippen LogP contribution is -2.07. The van der Waals surface area contributed by atoms with Crippen LogP contribution in [0.1, 0.15) is 29.3 Å². The average Bonchev–Trinajstić information content (AvgIpc) is 2.17. The first-order chi connectivity index (χ1) is 7.47. The standard InChI is InChI=1S/C9H7Cl2F2NO2/c1-2-16-9(15)5-3-4(8(12)13)6(10)14-7(5)11/h3,8H,2H2,1H3. The first-order valence-corrected chi connectivity index (χ1v) is 5.04. The Morgan fingerprint density at radius 3 is 2.62 bits per heavy atom. The highest BCUT2D eigenvalue weighted by molar-refractivity contribution is 6.34. The first-order valence-electron chi connectivity index (χ1n) is 4.28. The Balaban J connectivity index is 3.19. The zero-order valence-electron chi connectivity index (χ0n) is 8.14. The minimum atomic E-state index is -2.83. The lowest BCUT2D eigenvalue weighted by atomic mass is 10.2. The van der Waals surface area contributed by atoms with Crippen LogP contribution in [0.5, 0.6) is 0 Å². The van der Waals surface area contributed by atoms with E-state index in [1.165, 1.54) is 0 Å². The molecule has 7 heteroatoms. The molecule has 0 aromatic carbocycles. The minimum Gasteiger partial charge on any atom is -0.462 e. The second-order valence-electron chi connectivity index (χ2n) is 2.73. The molecule has 0 radical (unpaired) electrons. The van der Waals surface area contributed by atoms with Gasteiger partial charge in [0.25, 0.3) is 6.43 Å². The molecule has 1 aromatic heterocycles. The summed E-state index contributed by atoms with van der Waals surface area (Å²) in [5.74, 6) is -0.807. The Morgan fingerprint density at radius 2 is 2.12 bits per heavy atom. The van der Waals surface area contributed by atoms with Gasteiger partial charge in [-0.15, -0.1) is 0 Å². The molecule has 0 aliphatic carbocycles. The van der Waals surface area contributed by atoms with E-state index in [0.29, 0.717) is 0 Å². The van der Waals surface area contributed by atoms with Crippen LogP contribution in [0.2, 0.25) is 10.3 Å². The summed E-state index contributed by atoms with van der Waals surface area (Å²) in [7, 11) is 0. The number of aromatic nitrogens is 1. The summed E-state index contributed by atoms with van der Waals surface area (Å²) >= 11 is 11.0. The summed E-state index contributed by atoms with van der Waals surface area (Å²) < 4.78 is 29.6. The molecule has 0 amide bonds. The third-order valence-corrected chi connectivity index (χ3v) is 2.28. The quantitative estimate of drug-likeness (QED) is 0.623. The topological polar surface area (TPSA) is 39.2 Å². The summed E-state index contributed by atoms with van der Waals surface area (Å²) in [6, 6.07) is 0.889. The van der Waals surface area contributed by atoms with Crippen molar-refractivity contribution in [2.75, 3.05) is 6.61 Å². The lowest BCUT2D eigenvalue weighted by molar-refractivity contribution is 0.0525. The summed E-state index contributed by atoms with van der Waals surface area (Å²) in [4.78, 5) is 14.8. The zero-order chi connectivity index (χ0) is 12.3. The molecule has 0 N–H and O–H groups in total. The van der Waals surface area contributed by atoms with Crippen LogP contribution in [0.4, 0.5) is 8.78 Å². The summed E-state index contributed by atoms with van der Waals surface area (Å²) in [5.41, 5.74) is -0.766. The number of alkyl halides is 2. The van der Waals surface area contributed by atoms with Gasteiger partial charge in [0.05, 0.1) is 17.7 Å². The Labute approximate surface area is 100 Å². The van der Waals surface area contributed by atoms with Crippen LogP contribution in [0.3, 0.4) is 0 Å². The van der Waals surface area contributed by atoms with Gasteiger partial charge in [0, 0.05) is 0 Å². The van der Waals surface area contributed by atoms with Gasteiger partial charge in [-0.1, -0.05) is 23.2 Å². The van der Waals surface area contributed by atoms with Crippen LogP contribution in [-0.4, -0.2) is 17.6 Å². The molecular weight excluding hydrogens is 263 g/mol. The number of hydrogen-bond acceptors (Lipinski definition) is 3. The number of ether oxygens (including phenoxy) is 1. The van der Waals surface area contributed by atoms with E-state index in [1.807, 2.05) is 0 Å². The van der Waals surface area contributed by atoms with Crippen LogP contribution in [0.25, 0.3) is 0 Å². The minimum absolute atomic E-state index is 0.113. The van der Waals surface area contributed by atoms with Crippen molar-refractivity contribution >= 4 is 29.2 Å². The molecular formula is C9H7Cl2F2NO2. The van der Waals surface area contributed by atoms with Crippen molar-refractivity contribution in [3.05, 3.63) is 27.5 Å². The molecule has 0 saturated heterocycles. The molecule has 0 spiro atoms. The van der Waals surface area contributed by atoms with Crippen molar-refractivity contribution in [1.29, 1.82) is 0 Å². The van der Waals surface area contributed by atoms with Gasteiger partial charge in [0.2, 0.25) is 0 Å². The van der Waals surface area contributed by atoms with Gasteiger partial charge >= 0.3 is 5.97 Å². The number of carbonyl (C=O) groups excluding carboxylic acids is 1. The Hall–Kier alpha value is -0.940. The molecule has 3 nitrogen and oxygen atoms in total. The molecule has 0 unspecified atom stereocenters. The van der Waals surface area contributed by atoms with Gasteiger partial charge in [-0.2, -0.15) is 0 Å². The van der Waals surface area contributed by atoms with E-state index in [9.17, 15) is 13.6 Å². The van der Waals surface area contributed by atoms with Crippen molar-refractivity contribution in [3.8, 4) is 0 Å². The van der Waals surface area contributed by atoms with Gasteiger partial charge in [0.15, 0.2) is 0 Å². The summed E-state index contributed by atoms with van der Waals surface area (Å²) in [6.07, 6.45) is -2.83. The molecule has 1 heterocycles. The van der Waals surface area contributed by atoms with Gasteiger partial charge in [-0.05, 0) is 13.0 Å². The Bertz CT molecular complexity index is 413. The van der Waals surface area contributed by atoms with Crippen LogP contribution in [-0.2, 0) is 4.74 Å². The fourth-order valence-corrected chi connectivity index (χ4v) is 1.47. The monoisotopic (exact) mass is 269 g/mol. The third-order valence-electron chi connectivity index (χ3n) is 1.69. The highest BCUT2D eigenvalue weighted by Crippen LogP contribution is 2.29. The number of esters is 1. The highest BCUT2D eigenvalue weighted by atomic mass is 35.5. The number of nitrogens with zero attached hydrogens (tertiary/aromatic N) is 1. The maximum atomic E-state index is 12.5. The molecule has 1 rings (SSSR count). The highest BCUT2D eigenvalue weighted by Gasteiger charge is 2.20. The largest absolute Gasteiger partial charge is 0.462 e. The van der Waals surface area contributed by atoms with Crippen LogP contribution >= 0.6 is 23.2 Å². The summed E-state index contributed by atoms with van der Waals surface area (Å²) in [5, 5.41) is -0.680. The smallest absolute Gasteiger partial charge is 0.341 e. The SMILES string of the molecule is CCOC(=O)c1cc(C(F)F)c(Cl)nc1Cl. The van der Waals surface area contributed by atoms with E-state index in [2.05, 4.69) is 9.72 Å². The average molecular weight is 270 g/mol. The number of rotatable bonds is 3. The Morgan fingerprint density at radius 1 is 1.50 bits per heavy atom. The normalized spacial score (nSPS) is 10.6. The van der Waals surface area contributed by atoms with Crippen molar-refractivity contribution in [3.63, 3.8) is 0 Å². The van der Waals surface area contributed by atoms with Crippen molar-refractivity contribution in [1.82, 2.24) is 4.98 Å². The van der Waals surface area contributed by atoms with Crippen molar-refractivity contribution < 1.29 is 18.3 Å². The van der Waals surface area contributed by atoms with Crippen LogP contribution in [0.15, 0.2) is 6.07 Å². The number of carbonyl (C=O) groups is 1. The van der Waals surface area contributed by atoms with E-state index < -0.39 is 23.1 Å². The Kier molecular flexibility index (Phi) is 4.44. The first kappa shape index (κ1) is 13.1. The molecule has 0 atom stereocenters. The maximum absolute atomic E-state index is 12.5. The van der Waals surface area contributed by atoms with E-state index in [-0.39, 0.29) is 17.3 Å². The van der Waals surface area contributed by atoms with Gasteiger partial charge in [-0.3, -0.25) is 0 Å². The fraction of sp³-hybridized carbons (Fsp3) is 0.333. The molecule has 0 saturated carbocycles. The molecule has 88 valence electrons. The zero-order valence-corrected chi connectivity index (χ0v) is 9.65. The van der Waals surface area contributed by atoms with Gasteiger partial charge in [-0.25, -0.2) is 18.6 Å². The number of hydrogen-bond donors (Lipinski definition) is 0. The number of halogens is 4. The van der Waals surface area contributed by atoms with Crippen molar-refractivity contribution in [2.24, 2.45) is 0 Å². The lowest BCUT2D eigenvalue weighted by Gasteiger charge is -2.07. The molecule has 16 heavy (non-hydrogen) atoms. The van der Waals surface area contributed by atoms with Crippen molar-refractivity contribution in [2.45, 2.75) is 13.3 Å². The molecule has 0 aliphatic heterocycles. The fourth-order valence-electron chi connectivity index (χ4n) is 0.991. The second kappa shape index (κ2) is 5.41. The van der Waals surface area contributed by atoms with Gasteiger partial charge < -0.3 is 4.74 Å². The van der Waals surface area contributed by atoms with Gasteiger partial charge in [0.1, 0.15) is 10.3 Å². The van der Waals surface area contributed by atoms with E-state index in [1.54, 1.807) is 6.92 Å². The summed E-state index contributed by atoms with van der Waals surface area (Å²) in [6.45, 7) is 1.70. The number of pyridine rings is 1. The molecule has 0 bridgehead atoms. The maximum Gasteiger partial charge on any atom is 0.341 e. The van der Waals surface area contributed by atoms with E-state index >= 15 is 0 Å². The van der Waals surface area contributed by atoms with Crippen LogP contribution in [0, 0.1) is 0 Å². The second-order valence-corrected chi connectivity index (χ2v) is 3.44. The molecule has 1 aromatic rings. The third kappa shape index (κ3) is 2.80.